The van der Waals surface area contributed by atoms with E-state index in [-0.39, 0.29) is 5.75 Å². The molecule has 17 heavy (non-hydrogen) atoms. The smallest absolute Gasteiger partial charge is 0.407 e. The molecule has 0 bridgehead atoms. The molecule has 1 aromatic carbocycles. The Morgan fingerprint density at radius 3 is 2.47 bits per heavy atom. The summed E-state index contributed by atoms with van der Waals surface area (Å²) in [5.74, 6) is -0.138. The lowest BCUT2D eigenvalue weighted by molar-refractivity contribution is -0.385. The standard InChI is InChI=1S/C9H9F3N2O3/c1-17-7-3-2-5(14(15)16)4-6(7)8(13)9(10,11)12/h2-4,8H,13H2,1H3/t8-/m0/s1. The van der Waals surface area contributed by atoms with Crippen molar-refractivity contribution in [2.75, 3.05) is 7.11 Å². The summed E-state index contributed by atoms with van der Waals surface area (Å²) in [5, 5.41) is 10.5. The number of hydrogen-bond donors (Lipinski definition) is 1. The van der Waals surface area contributed by atoms with Crippen LogP contribution < -0.4 is 10.5 Å². The minimum atomic E-state index is -4.69. The molecule has 0 unspecified atom stereocenters. The molecular weight excluding hydrogens is 241 g/mol. The maximum Gasteiger partial charge on any atom is 0.407 e. The molecule has 1 aromatic rings. The maximum atomic E-state index is 12.4. The summed E-state index contributed by atoms with van der Waals surface area (Å²) >= 11 is 0. The number of nitro benzene ring substituents is 1. The quantitative estimate of drug-likeness (QED) is 0.658. The zero-order chi connectivity index (χ0) is 13.2. The number of methoxy groups -OCH3 is 1. The maximum absolute atomic E-state index is 12.4. The molecule has 1 rings (SSSR count). The molecule has 0 aliphatic heterocycles. The fourth-order valence-corrected chi connectivity index (χ4v) is 1.25. The average Bonchev–Trinajstić information content (AvgIpc) is 2.25. The highest BCUT2D eigenvalue weighted by Crippen LogP contribution is 2.37. The molecule has 1 atom stereocenters. The zero-order valence-corrected chi connectivity index (χ0v) is 8.69. The molecule has 0 spiro atoms. The van der Waals surface area contributed by atoms with Crippen molar-refractivity contribution in [2.24, 2.45) is 5.73 Å². The molecule has 0 fully saturated rings. The van der Waals surface area contributed by atoms with Crippen LogP contribution in [0.15, 0.2) is 18.2 Å². The van der Waals surface area contributed by atoms with Crippen LogP contribution in [-0.2, 0) is 0 Å². The first-order valence-corrected chi connectivity index (χ1v) is 4.42. The van der Waals surface area contributed by atoms with Crippen molar-refractivity contribution >= 4 is 5.69 Å². The molecule has 0 saturated heterocycles. The lowest BCUT2D eigenvalue weighted by Gasteiger charge is -2.18. The van der Waals surface area contributed by atoms with Gasteiger partial charge in [0.05, 0.1) is 12.0 Å². The molecule has 0 saturated carbocycles. The molecule has 0 heterocycles. The van der Waals surface area contributed by atoms with Gasteiger partial charge >= 0.3 is 6.18 Å². The van der Waals surface area contributed by atoms with Crippen molar-refractivity contribution in [3.63, 3.8) is 0 Å². The lowest BCUT2D eigenvalue weighted by Crippen LogP contribution is -2.28. The highest BCUT2D eigenvalue weighted by atomic mass is 19.4. The van der Waals surface area contributed by atoms with Crippen molar-refractivity contribution in [2.45, 2.75) is 12.2 Å². The highest BCUT2D eigenvalue weighted by molar-refractivity contribution is 5.45. The van der Waals surface area contributed by atoms with Crippen LogP contribution >= 0.6 is 0 Å². The van der Waals surface area contributed by atoms with Gasteiger partial charge in [0.15, 0.2) is 0 Å². The van der Waals surface area contributed by atoms with Gasteiger partial charge in [-0.25, -0.2) is 0 Å². The SMILES string of the molecule is COc1ccc([N+](=O)[O-])cc1[C@H](N)C(F)(F)F. The van der Waals surface area contributed by atoms with Gasteiger partial charge in [-0.05, 0) is 6.07 Å². The van der Waals surface area contributed by atoms with E-state index in [9.17, 15) is 23.3 Å². The summed E-state index contributed by atoms with van der Waals surface area (Å²) in [4.78, 5) is 9.67. The van der Waals surface area contributed by atoms with Gasteiger partial charge in [0.1, 0.15) is 11.8 Å². The number of ether oxygens (including phenoxy) is 1. The predicted molar refractivity (Wildman–Crippen MR) is 52.6 cm³/mol. The van der Waals surface area contributed by atoms with E-state index in [1.807, 2.05) is 0 Å². The van der Waals surface area contributed by atoms with Gasteiger partial charge in [0.2, 0.25) is 0 Å². The van der Waals surface area contributed by atoms with Gasteiger partial charge in [-0.15, -0.1) is 0 Å². The first-order valence-electron chi connectivity index (χ1n) is 4.42. The third-order valence-electron chi connectivity index (χ3n) is 2.11. The van der Waals surface area contributed by atoms with Gasteiger partial charge in [-0.3, -0.25) is 10.1 Å². The summed E-state index contributed by atoms with van der Waals surface area (Å²) < 4.78 is 42.0. The fraction of sp³-hybridized carbons (Fsp3) is 0.333. The third-order valence-corrected chi connectivity index (χ3v) is 2.11. The van der Waals surface area contributed by atoms with Crippen molar-refractivity contribution in [3.8, 4) is 5.75 Å². The van der Waals surface area contributed by atoms with Crippen molar-refractivity contribution in [1.82, 2.24) is 0 Å². The molecular formula is C9H9F3N2O3. The van der Waals surface area contributed by atoms with E-state index in [1.54, 1.807) is 0 Å². The number of halogens is 3. The summed E-state index contributed by atoms with van der Waals surface area (Å²) in [6.07, 6.45) is -4.69. The van der Waals surface area contributed by atoms with E-state index in [0.29, 0.717) is 0 Å². The number of non-ortho nitro benzene ring substituents is 1. The second kappa shape index (κ2) is 4.58. The highest BCUT2D eigenvalue weighted by Gasteiger charge is 2.40. The van der Waals surface area contributed by atoms with Gasteiger partial charge < -0.3 is 10.5 Å². The summed E-state index contributed by atoms with van der Waals surface area (Å²) in [7, 11) is 1.16. The number of nitrogens with zero attached hydrogens (tertiary/aromatic N) is 1. The van der Waals surface area contributed by atoms with E-state index in [1.165, 1.54) is 0 Å². The Morgan fingerprint density at radius 1 is 1.47 bits per heavy atom. The second-order valence-corrected chi connectivity index (χ2v) is 3.20. The average molecular weight is 250 g/mol. The van der Waals surface area contributed by atoms with Gasteiger partial charge in [0.25, 0.3) is 5.69 Å². The molecule has 0 amide bonds. The third kappa shape index (κ3) is 2.84. The van der Waals surface area contributed by atoms with Crippen LogP contribution in [0.25, 0.3) is 0 Å². The lowest BCUT2D eigenvalue weighted by atomic mass is 10.1. The zero-order valence-electron chi connectivity index (χ0n) is 8.69. The van der Waals surface area contributed by atoms with E-state index in [0.717, 1.165) is 25.3 Å². The number of hydrogen-bond acceptors (Lipinski definition) is 4. The van der Waals surface area contributed by atoms with Crippen LogP contribution in [0.5, 0.6) is 5.75 Å². The monoisotopic (exact) mass is 250 g/mol. The first-order chi connectivity index (χ1) is 7.77. The van der Waals surface area contributed by atoms with Crippen molar-refractivity contribution in [1.29, 1.82) is 0 Å². The molecule has 0 radical (unpaired) electrons. The molecule has 0 aliphatic carbocycles. The Hall–Kier alpha value is -1.83. The Balaban J connectivity index is 3.28. The molecule has 94 valence electrons. The molecule has 5 nitrogen and oxygen atoms in total. The summed E-state index contributed by atoms with van der Waals surface area (Å²) in [6.45, 7) is 0. The van der Waals surface area contributed by atoms with Crippen LogP contribution in [0.1, 0.15) is 11.6 Å². The number of nitro groups is 1. The Labute approximate surface area is 94.1 Å². The fourth-order valence-electron chi connectivity index (χ4n) is 1.25. The van der Waals surface area contributed by atoms with E-state index in [2.05, 4.69) is 0 Å². The first kappa shape index (κ1) is 13.2. The summed E-state index contributed by atoms with van der Waals surface area (Å²) in [5.41, 5.74) is 4.05. The Morgan fingerprint density at radius 2 is 2.06 bits per heavy atom. The van der Waals surface area contributed by atoms with Crippen LogP contribution in [0.3, 0.4) is 0 Å². The predicted octanol–water partition coefficient (Wildman–Crippen LogP) is 2.17. The Bertz CT molecular complexity index is 434. The molecule has 0 aromatic heterocycles. The summed E-state index contributed by atoms with van der Waals surface area (Å²) in [6, 6.07) is 0.568. The number of nitrogens with two attached hydrogens (primary N) is 1. The molecule has 2 N–H and O–H groups in total. The van der Waals surface area contributed by atoms with Gasteiger partial charge in [-0.1, -0.05) is 0 Å². The minimum Gasteiger partial charge on any atom is -0.496 e. The topological polar surface area (TPSA) is 78.4 Å². The van der Waals surface area contributed by atoms with E-state index < -0.39 is 28.4 Å². The Kier molecular flexibility index (Phi) is 3.56. The van der Waals surface area contributed by atoms with Gasteiger partial charge in [0, 0.05) is 17.7 Å². The van der Waals surface area contributed by atoms with Crippen LogP contribution in [0, 0.1) is 10.1 Å². The number of benzene rings is 1. The number of alkyl halides is 3. The van der Waals surface area contributed by atoms with Crippen molar-refractivity contribution < 1.29 is 22.8 Å². The number of rotatable bonds is 3. The second-order valence-electron chi connectivity index (χ2n) is 3.20. The van der Waals surface area contributed by atoms with Crippen LogP contribution in [-0.4, -0.2) is 18.2 Å². The van der Waals surface area contributed by atoms with E-state index in [4.69, 9.17) is 10.5 Å². The van der Waals surface area contributed by atoms with Crippen molar-refractivity contribution in [3.05, 3.63) is 33.9 Å². The minimum absolute atomic E-state index is 0.138. The normalized spacial score (nSPS) is 13.2. The van der Waals surface area contributed by atoms with Gasteiger partial charge in [-0.2, -0.15) is 13.2 Å². The largest absolute Gasteiger partial charge is 0.496 e. The van der Waals surface area contributed by atoms with E-state index >= 15 is 0 Å². The van der Waals surface area contributed by atoms with Crippen LogP contribution in [0.4, 0.5) is 18.9 Å². The van der Waals surface area contributed by atoms with Crippen LogP contribution in [0.2, 0.25) is 0 Å². The molecule has 8 heteroatoms. The molecule has 0 aliphatic rings.